The number of nitrogens with one attached hydrogen (secondary N) is 1. The lowest BCUT2D eigenvalue weighted by molar-refractivity contribution is 0.636. The maximum atomic E-state index is 14.5. The summed E-state index contributed by atoms with van der Waals surface area (Å²) in [6.07, 6.45) is 5.54. The Hall–Kier alpha value is -2.89. The minimum absolute atomic E-state index is 0.354. The Balaban J connectivity index is 1.78. The number of anilines is 2. The van der Waals surface area contributed by atoms with E-state index in [2.05, 4.69) is 15.4 Å². The Morgan fingerprint density at radius 2 is 2.05 bits per heavy atom. The average molecular weight is 295 g/mol. The molecule has 5 nitrogen and oxygen atoms in total. The van der Waals surface area contributed by atoms with Crippen molar-refractivity contribution in [2.24, 2.45) is 7.05 Å². The fraction of sp³-hybridized carbons (Fsp3) is 0.125. The molecular weight excluding hydrogens is 281 g/mol. The van der Waals surface area contributed by atoms with Crippen molar-refractivity contribution in [3.63, 3.8) is 0 Å². The summed E-state index contributed by atoms with van der Waals surface area (Å²) in [4.78, 5) is 4.49. The zero-order chi connectivity index (χ0) is 15.3. The molecule has 0 bridgehead atoms. The topological polar surface area (TPSA) is 47.1 Å². The van der Waals surface area contributed by atoms with Gasteiger partial charge in [-0.25, -0.2) is 9.37 Å². The molecule has 0 atom stereocenters. The van der Waals surface area contributed by atoms with Crippen LogP contribution in [0.15, 0.2) is 42.9 Å². The van der Waals surface area contributed by atoms with Crippen molar-refractivity contribution >= 4 is 28.1 Å². The van der Waals surface area contributed by atoms with E-state index in [0.717, 1.165) is 16.6 Å². The summed E-state index contributed by atoms with van der Waals surface area (Å²) in [5, 5.41) is 7.96. The van der Waals surface area contributed by atoms with E-state index in [1.165, 1.54) is 0 Å². The lowest BCUT2D eigenvalue weighted by Crippen LogP contribution is -1.95. The minimum Gasteiger partial charge on any atom is -0.336 e. The molecule has 6 heteroatoms. The van der Waals surface area contributed by atoms with Gasteiger partial charge in [-0.05, 0) is 30.7 Å². The quantitative estimate of drug-likeness (QED) is 0.616. The van der Waals surface area contributed by atoms with Gasteiger partial charge in [-0.2, -0.15) is 5.10 Å². The largest absolute Gasteiger partial charge is 0.336 e. The smallest absolute Gasteiger partial charge is 0.174 e. The summed E-state index contributed by atoms with van der Waals surface area (Å²) >= 11 is 0. The Morgan fingerprint density at radius 3 is 2.86 bits per heavy atom. The molecular formula is C16H14FN5. The SMILES string of the molecule is Cc1cccn2cc(Nc3ccc4cn(C)nc4c3F)nc12. The molecule has 0 fully saturated rings. The lowest BCUT2D eigenvalue weighted by Gasteiger charge is -2.04. The molecule has 0 aliphatic rings. The van der Waals surface area contributed by atoms with Gasteiger partial charge in [0, 0.05) is 24.8 Å². The third-order valence-electron chi connectivity index (χ3n) is 3.67. The summed E-state index contributed by atoms with van der Waals surface area (Å²) in [7, 11) is 1.78. The van der Waals surface area contributed by atoms with Crippen molar-refractivity contribution in [1.82, 2.24) is 19.2 Å². The second-order valence-corrected chi connectivity index (χ2v) is 5.34. The van der Waals surface area contributed by atoms with Gasteiger partial charge in [-0.3, -0.25) is 4.68 Å². The van der Waals surface area contributed by atoms with Crippen LogP contribution >= 0.6 is 0 Å². The molecule has 0 radical (unpaired) electrons. The van der Waals surface area contributed by atoms with Crippen molar-refractivity contribution in [2.45, 2.75) is 6.92 Å². The molecule has 0 saturated heterocycles. The van der Waals surface area contributed by atoms with Crippen LogP contribution in [-0.4, -0.2) is 19.2 Å². The summed E-state index contributed by atoms with van der Waals surface area (Å²) in [6.45, 7) is 1.99. The number of imidazole rings is 1. The van der Waals surface area contributed by atoms with E-state index in [1.54, 1.807) is 24.0 Å². The number of hydrogen-bond donors (Lipinski definition) is 1. The summed E-state index contributed by atoms with van der Waals surface area (Å²) in [6, 6.07) is 7.49. The van der Waals surface area contributed by atoms with E-state index in [1.807, 2.05) is 41.9 Å². The number of hydrogen-bond acceptors (Lipinski definition) is 3. The van der Waals surface area contributed by atoms with Crippen LogP contribution in [0, 0.1) is 12.7 Å². The summed E-state index contributed by atoms with van der Waals surface area (Å²) in [5.41, 5.74) is 2.64. The Kier molecular flexibility index (Phi) is 2.66. The van der Waals surface area contributed by atoms with Crippen LogP contribution in [-0.2, 0) is 7.05 Å². The van der Waals surface area contributed by atoms with Crippen LogP contribution in [0.1, 0.15) is 5.56 Å². The number of aryl methyl sites for hydroxylation is 2. The number of fused-ring (bicyclic) bond motifs is 2. The molecule has 4 rings (SSSR count). The number of pyridine rings is 1. The fourth-order valence-corrected chi connectivity index (χ4v) is 2.62. The van der Waals surface area contributed by atoms with Gasteiger partial charge in [-0.1, -0.05) is 6.07 Å². The molecule has 0 spiro atoms. The van der Waals surface area contributed by atoms with Gasteiger partial charge in [0.2, 0.25) is 0 Å². The Morgan fingerprint density at radius 1 is 1.18 bits per heavy atom. The number of nitrogens with zero attached hydrogens (tertiary/aromatic N) is 4. The molecule has 4 aromatic rings. The highest BCUT2D eigenvalue weighted by Crippen LogP contribution is 2.26. The number of aromatic nitrogens is 4. The van der Waals surface area contributed by atoms with Crippen LogP contribution in [0.4, 0.5) is 15.9 Å². The zero-order valence-corrected chi connectivity index (χ0v) is 12.2. The number of rotatable bonds is 2. The molecule has 0 aliphatic heterocycles. The molecule has 0 unspecified atom stereocenters. The maximum absolute atomic E-state index is 14.5. The fourth-order valence-electron chi connectivity index (χ4n) is 2.62. The van der Waals surface area contributed by atoms with Crippen molar-refractivity contribution in [2.75, 3.05) is 5.32 Å². The predicted molar refractivity (Wildman–Crippen MR) is 83.9 cm³/mol. The van der Waals surface area contributed by atoms with Crippen molar-refractivity contribution in [1.29, 1.82) is 0 Å². The van der Waals surface area contributed by atoms with E-state index >= 15 is 0 Å². The van der Waals surface area contributed by atoms with Gasteiger partial charge in [0.1, 0.15) is 17.0 Å². The molecule has 0 amide bonds. The highest BCUT2D eigenvalue weighted by molar-refractivity contribution is 5.83. The van der Waals surface area contributed by atoms with E-state index < -0.39 is 0 Å². The Bertz CT molecular complexity index is 999. The molecule has 3 aromatic heterocycles. The first-order valence-corrected chi connectivity index (χ1v) is 6.95. The third kappa shape index (κ3) is 1.92. The van der Waals surface area contributed by atoms with Crippen LogP contribution < -0.4 is 5.32 Å². The second kappa shape index (κ2) is 4.56. The lowest BCUT2D eigenvalue weighted by atomic mass is 10.2. The first-order chi connectivity index (χ1) is 10.6. The van der Waals surface area contributed by atoms with E-state index in [-0.39, 0.29) is 5.82 Å². The molecule has 3 heterocycles. The van der Waals surface area contributed by atoms with E-state index in [9.17, 15) is 4.39 Å². The highest BCUT2D eigenvalue weighted by atomic mass is 19.1. The van der Waals surface area contributed by atoms with Gasteiger partial charge in [-0.15, -0.1) is 0 Å². The molecule has 0 aliphatic carbocycles. The van der Waals surface area contributed by atoms with Gasteiger partial charge < -0.3 is 9.72 Å². The summed E-state index contributed by atoms with van der Waals surface area (Å²) < 4.78 is 18.0. The standard InChI is InChI=1S/C16H14FN5/c1-10-4-3-7-22-9-13(19-16(10)22)18-12-6-5-11-8-21(2)20-15(11)14(12)17/h3-9,18H,1-2H3. The maximum Gasteiger partial charge on any atom is 0.174 e. The monoisotopic (exact) mass is 295 g/mol. The normalized spacial score (nSPS) is 11.4. The van der Waals surface area contributed by atoms with Gasteiger partial charge in [0.25, 0.3) is 0 Å². The van der Waals surface area contributed by atoms with Crippen molar-refractivity contribution in [3.8, 4) is 0 Å². The first-order valence-electron chi connectivity index (χ1n) is 6.95. The van der Waals surface area contributed by atoms with Gasteiger partial charge in [0.15, 0.2) is 5.82 Å². The van der Waals surface area contributed by atoms with Crippen LogP contribution in [0.5, 0.6) is 0 Å². The average Bonchev–Trinajstić information content (AvgIpc) is 3.06. The second-order valence-electron chi connectivity index (χ2n) is 5.34. The van der Waals surface area contributed by atoms with Gasteiger partial charge in [0.05, 0.1) is 11.9 Å². The molecule has 1 N–H and O–H groups in total. The van der Waals surface area contributed by atoms with Crippen molar-refractivity contribution in [3.05, 3.63) is 54.2 Å². The zero-order valence-electron chi connectivity index (χ0n) is 12.2. The Labute approximate surface area is 126 Å². The molecule has 110 valence electrons. The minimum atomic E-state index is -0.369. The van der Waals surface area contributed by atoms with Crippen LogP contribution in [0.3, 0.4) is 0 Å². The van der Waals surface area contributed by atoms with Crippen LogP contribution in [0.25, 0.3) is 16.6 Å². The number of halogens is 1. The summed E-state index contributed by atoms with van der Waals surface area (Å²) in [5.74, 6) is 0.232. The van der Waals surface area contributed by atoms with Crippen LogP contribution in [0.2, 0.25) is 0 Å². The number of benzene rings is 1. The van der Waals surface area contributed by atoms with E-state index in [4.69, 9.17) is 0 Å². The first kappa shape index (κ1) is 12.8. The van der Waals surface area contributed by atoms with E-state index in [0.29, 0.717) is 17.0 Å². The molecule has 22 heavy (non-hydrogen) atoms. The third-order valence-corrected chi connectivity index (χ3v) is 3.67. The molecule has 0 saturated carbocycles. The highest BCUT2D eigenvalue weighted by Gasteiger charge is 2.12. The molecule has 1 aromatic carbocycles. The van der Waals surface area contributed by atoms with Crippen molar-refractivity contribution < 1.29 is 4.39 Å². The van der Waals surface area contributed by atoms with Gasteiger partial charge >= 0.3 is 0 Å². The predicted octanol–water partition coefficient (Wildman–Crippen LogP) is 3.41.